The molecule has 1 aliphatic rings. The summed E-state index contributed by atoms with van der Waals surface area (Å²) < 4.78 is 11.0. The number of hydrogen-bond donors (Lipinski definition) is 2. The minimum atomic E-state index is -0.338. The van der Waals surface area contributed by atoms with Gasteiger partial charge in [-0.3, -0.25) is 0 Å². The van der Waals surface area contributed by atoms with Crippen LogP contribution in [0.3, 0.4) is 0 Å². The molecule has 2 atom stereocenters. The van der Waals surface area contributed by atoms with Crippen molar-refractivity contribution in [3.8, 4) is 11.5 Å². The van der Waals surface area contributed by atoms with Crippen LogP contribution < -0.4 is 14.8 Å². The number of fused-ring (bicyclic) bond motifs is 1. The van der Waals surface area contributed by atoms with Gasteiger partial charge in [0.25, 0.3) is 0 Å². The first kappa shape index (κ1) is 12.2. The fourth-order valence-corrected chi connectivity index (χ4v) is 1.79. The Morgan fingerprint density at radius 1 is 1.24 bits per heavy atom. The van der Waals surface area contributed by atoms with Crippen molar-refractivity contribution in [3.05, 3.63) is 23.8 Å². The van der Waals surface area contributed by atoms with E-state index in [0.717, 1.165) is 17.1 Å². The summed E-state index contributed by atoms with van der Waals surface area (Å²) in [5.41, 5.74) is 1.13. The number of hydrogen-bond acceptors (Lipinski definition) is 4. The molecular formula is C13H19NO3. The third-order valence-corrected chi connectivity index (χ3v) is 2.79. The molecule has 2 unspecified atom stereocenters. The molecule has 0 saturated heterocycles. The van der Waals surface area contributed by atoms with Gasteiger partial charge in [0.05, 0.1) is 6.10 Å². The van der Waals surface area contributed by atoms with Crippen molar-refractivity contribution < 1.29 is 14.6 Å². The fraction of sp³-hybridized carbons (Fsp3) is 0.538. The van der Waals surface area contributed by atoms with Crippen molar-refractivity contribution >= 4 is 0 Å². The highest BCUT2D eigenvalue weighted by molar-refractivity contribution is 5.44. The summed E-state index contributed by atoms with van der Waals surface area (Å²) in [5.74, 6) is 1.61. The van der Waals surface area contributed by atoms with Crippen LogP contribution in [0.1, 0.15) is 25.5 Å². The Morgan fingerprint density at radius 3 is 2.65 bits per heavy atom. The van der Waals surface area contributed by atoms with Crippen LogP contribution in [-0.2, 0) is 0 Å². The Labute approximate surface area is 102 Å². The van der Waals surface area contributed by atoms with Gasteiger partial charge in [-0.15, -0.1) is 0 Å². The average molecular weight is 237 g/mol. The molecule has 1 heterocycles. The van der Waals surface area contributed by atoms with E-state index in [1.807, 2.05) is 18.2 Å². The van der Waals surface area contributed by atoms with Crippen molar-refractivity contribution in [1.82, 2.24) is 5.32 Å². The van der Waals surface area contributed by atoms with Gasteiger partial charge in [0.2, 0.25) is 0 Å². The molecule has 4 heteroatoms. The average Bonchev–Trinajstić information content (AvgIpc) is 2.35. The number of aliphatic hydroxyl groups excluding tert-OH is 1. The Morgan fingerprint density at radius 2 is 1.94 bits per heavy atom. The van der Waals surface area contributed by atoms with Crippen LogP contribution in [0.5, 0.6) is 11.5 Å². The van der Waals surface area contributed by atoms with Gasteiger partial charge < -0.3 is 19.9 Å². The van der Waals surface area contributed by atoms with Crippen molar-refractivity contribution in [2.75, 3.05) is 19.8 Å². The van der Waals surface area contributed by atoms with Gasteiger partial charge in [-0.05, 0) is 31.5 Å². The molecule has 4 nitrogen and oxygen atoms in total. The summed E-state index contributed by atoms with van der Waals surface area (Å²) in [6, 6.07) is 6.13. The molecular weight excluding hydrogens is 218 g/mol. The van der Waals surface area contributed by atoms with Crippen molar-refractivity contribution in [2.45, 2.75) is 26.0 Å². The smallest absolute Gasteiger partial charge is 0.161 e. The van der Waals surface area contributed by atoms with Gasteiger partial charge in [-0.25, -0.2) is 0 Å². The molecule has 0 saturated carbocycles. The highest BCUT2D eigenvalue weighted by atomic mass is 16.6. The predicted octanol–water partition coefficient (Wildman–Crippen LogP) is 1.49. The molecule has 0 aromatic heterocycles. The molecule has 0 fully saturated rings. The van der Waals surface area contributed by atoms with Gasteiger partial charge in [0, 0.05) is 12.6 Å². The molecule has 1 aromatic rings. The third-order valence-electron chi connectivity index (χ3n) is 2.79. The molecule has 1 aliphatic heterocycles. The van der Waals surface area contributed by atoms with Gasteiger partial charge >= 0.3 is 0 Å². The highest BCUT2D eigenvalue weighted by Gasteiger charge is 2.14. The fourth-order valence-electron chi connectivity index (χ4n) is 1.79. The van der Waals surface area contributed by atoms with Crippen LogP contribution in [0.15, 0.2) is 18.2 Å². The number of aliphatic hydroxyl groups is 1. The molecule has 0 aliphatic carbocycles. The predicted molar refractivity (Wildman–Crippen MR) is 65.5 cm³/mol. The second-order valence-corrected chi connectivity index (χ2v) is 4.38. The minimum Gasteiger partial charge on any atom is -0.486 e. The first-order valence-electron chi connectivity index (χ1n) is 5.98. The largest absolute Gasteiger partial charge is 0.486 e. The van der Waals surface area contributed by atoms with Crippen LogP contribution >= 0.6 is 0 Å². The van der Waals surface area contributed by atoms with E-state index in [1.54, 1.807) is 6.92 Å². The maximum Gasteiger partial charge on any atom is 0.161 e. The monoisotopic (exact) mass is 237 g/mol. The van der Waals surface area contributed by atoms with Gasteiger partial charge in [0.1, 0.15) is 13.2 Å². The first-order valence-corrected chi connectivity index (χ1v) is 5.98. The molecule has 0 spiro atoms. The first-order chi connectivity index (χ1) is 8.16. The molecule has 1 aromatic carbocycles. The van der Waals surface area contributed by atoms with Crippen LogP contribution in [-0.4, -0.2) is 31.0 Å². The summed E-state index contributed by atoms with van der Waals surface area (Å²) in [6.45, 7) is 5.63. The van der Waals surface area contributed by atoms with E-state index in [4.69, 9.17) is 9.47 Å². The van der Waals surface area contributed by atoms with E-state index in [-0.39, 0.29) is 12.1 Å². The molecule has 0 bridgehead atoms. The third kappa shape index (κ3) is 3.11. The van der Waals surface area contributed by atoms with E-state index in [0.29, 0.717) is 19.8 Å². The summed E-state index contributed by atoms with van der Waals surface area (Å²) in [7, 11) is 0. The lowest BCUT2D eigenvalue weighted by atomic mass is 10.1. The summed E-state index contributed by atoms with van der Waals surface area (Å²) in [4.78, 5) is 0. The van der Waals surface area contributed by atoms with E-state index in [9.17, 15) is 5.11 Å². The summed E-state index contributed by atoms with van der Waals surface area (Å²) in [5, 5.41) is 12.5. The lowest BCUT2D eigenvalue weighted by Crippen LogP contribution is -2.27. The number of rotatable bonds is 4. The Kier molecular flexibility index (Phi) is 3.86. The van der Waals surface area contributed by atoms with Crippen molar-refractivity contribution in [3.63, 3.8) is 0 Å². The minimum absolute atomic E-state index is 0.181. The van der Waals surface area contributed by atoms with E-state index >= 15 is 0 Å². The van der Waals surface area contributed by atoms with Crippen LogP contribution in [0, 0.1) is 0 Å². The molecule has 17 heavy (non-hydrogen) atoms. The second-order valence-electron chi connectivity index (χ2n) is 4.38. The van der Waals surface area contributed by atoms with E-state index in [2.05, 4.69) is 12.2 Å². The van der Waals surface area contributed by atoms with E-state index in [1.165, 1.54) is 0 Å². The maximum absolute atomic E-state index is 9.23. The summed E-state index contributed by atoms with van der Waals surface area (Å²) in [6.07, 6.45) is -0.338. The number of ether oxygens (including phenoxy) is 2. The van der Waals surface area contributed by atoms with Gasteiger partial charge in [0.15, 0.2) is 11.5 Å². The Bertz CT molecular complexity index is 379. The maximum atomic E-state index is 9.23. The van der Waals surface area contributed by atoms with Crippen LogP contribution in [0.4, 0.5) is 0 Å². The Balaban J connectivity index is 2.05. The number of nitrogens with one attached hydrogen (secondary N) is 1. The second kappa shape index (κ2) is 5.38. The molecule has 2 rings (SSSR count). The highest BCUT2D eigenvalue weighted by Crippen LogP contribution is 2.32. The zero-order valence-electron chi connectivity index (χ0n) is 10.3. The number of benzene rings is 1. The lowest BCUT2D eigenvalue weighted by molar-refractivity contribution is 0.171. The zero-order chi connectivity index (χ0) is 12.3. The normalized spacial score (nSPS) is 17.6. The zero-order valence-corrected chi connectivity index (χ0v) is 10.3. The molecule has 0 amide bonds. The Hall–Kier alpha value is -1.26. The van der Waals surface area contributed by atoms with Gasteiger partial charge in [-0.1, -0.05) is 6.07 Å². The molecule has 2 N–H and O–H groups in total. The van der Waals surface area contributed by atoms with Gasteiger partial charge in [-0.2, -0.15) is 0 Å². The molecule has 0 radical (unpaired) electrons. The van der Waals surface area contributed by atoms with Crippen LogP contribution in [0.2, 0.25) is 0 Å². The van der Waals surface area contributed by atoms with E-state index < -0.39 is 0 Å². The quantitative estimate of drug-likeness (QED) is 0.833. The molecule has 94 valence electrons. The standard InChI is InChI=1S/C13H19NO3/c1-9(15)8-14-10(2)11-3-4-12-13(7-11)17-6-5-16-12/h3-4,7,9-10,14-15H,5-6,8H2,1-2H3. The van der Waals surface area contributed by atoms with Crippen LogP contribution in [0.25, 0.3) is 0 Å². The topological polar surface area (TPSA) is 50.7 Å². The summed E-state index contributed by atoms with van der Waals surface area (Å²) >= 11 is 0. The van der Waals surface area contributed by atoms with Crippen molar-refractivity contribution in [2.24, 2.45) is 0 Å². The lowest BCUT2D eigenvalue weighted by Gasteiger charge is -2.21. The van der Waals surface area contributed by atoms with Crippen molar-refractivity contribution in [1.29, 1.82) is 0 Å². The SMILES string of the molecule is CC(O)CNC(C)c1ccc2c(c1)OCCO2.